The maximum absolute atomic E-state index is 11.7. The van der Waals surface area contributed by atoms with E-state index in [1.807, 2.05) is 0 Å². The Hall–Kier alpha value is -2.14. The Morgan fingerprint density at radius 2 is 2.12 bits per heavy atom. The van der Waals surface area contributed by atoms with Crippen molar-refractivity contribution in [1.29, 1.82) is 0 Å². The van der Waals surface area contributed by atoms with E-state index in [2.05, 4.69) is 10.3 Å². The average molecular weight is 232 g/mol. The summed E-state index contributed by atoms with van der Waals surface area (Å²) in [5, 5.41) is 12.3. The summed E-state index contributed by atoms with van der Waals surface area (Å²) in [6.07, 6.45) is 0. The molecule has 0 spiro atoms. The molecule has 5 heteroatoms. The Labute approximate surface area is 97.1 Å². The van der Waals surface area contributed by atoms with Gasteiger partial charge in [-0.1, -0.05) is 18.2 Å². The number of hydrogen-bond donors (Lipinski definition) is 3. The van der Waals surface area contributed by atoms with E-state index >= 15 is 0 Å². The lowest BCUT2D eigenvalue weighted by Gasteiger charge is -2.04. The van der Waals surface area contributed by atoms with Gasteiger partial charge in [0.1, 0.15) is 5.69 Å². The molecule has 0 radical (unpaired) electrons. The first-order valence-electron chi connectivity index (χ1n) is 5.23. The highest BCUT2D eigenvalue weighted by Gasteiger charge is 2.08. The summed E-state index contributed by atoms with van der Waals surface area (Å²) in [5.74, 6) is -0.401. The summed E-state index contributed by atoms with van der Waals surface area (Å²) in [6.45, 7) is 0.0250. The van der Waals surface area contributed by atoms with Crippen molar-refractivity contribution in [2.24, 2.45) is 0 Å². The minimum Gasteiger partial charge on any atom is -0.395 e. The lowest BCUT2D eigenvalue weighted by molar-refractivity contribution is 0.0940. The highest BCUT2D eigenvalue weighted by molar-refractivity contribution is 5.96. The maximum Gasteiger partial charge on any atom is 0.267 e. The van der Waals surface area contributed by atoms with Crippen LogP contribution in [0.5, 0.6) is 0 Å². The van der Waals surface area contributed by atoms with Crippen LogP contribution in [0.1, 0.15) is 10.5 Å². The Morgan fingerprint density at radius 1 is 1.35 bits per heavy atom. The molecule has 0 saturated heterocycles. The molecule has 0 bridgehead atoms. The molecule has 1 aromatic carbocycles. The normalized spacial score (nSPS) is 10.4. The van der Waals surface area contributed by atoms with Gasteiger partial charge in [0.15, 0.2) is 0 Å². The Bertz CT molecular complexity index is 604. The molecule has 2 aromatic rings. The molecular weight excluding hydrogens is 220 g/mol. The van der Waals surface area contributed by atoms with E-state index in [0.717, 1.165) is 0 Å². The van der Waals surface area contributed by atoms with Crippen LogP contribution in [0.3, 0.4) is 0 Å². The van der Waals surface area contributed by atoms with Crippen LogP contribution in [-0.2, 0) is 0 Å². The van der Waals surface area contributed by atoms with Gasteiger partial charge in [-0.3, -0.25) is 9.59 Å². The monoisotopic (exact) mass is 232 g/mol. The largest absolute Gasteiger partial charge is 0.395 e. The van der Waals surface area contributed by atoms with Gasteiger partial charge >= 0.3 is 0 Å². The topological polar surface area (TPSA) is 82.2 Å². The van der Waals surface area contributed by atoms with Crippen LogP contribution in [0.25, 0.3) is 10.8 Å². The summed E-state index contributed by atoms with van der Waals surface area (Å²) < 4.78 is 0. The van der Waals surface area contributed by atoms with Crippen LogP contribution >= 0.6 is 0 Å². The van der Waals surface area contributed by atoms with Crippen molar-refractivity contribution >= 4 is 16.7 Å². The molecule has 0 aliphatic heterocycles. The van der Waals surface area contributed by atoms with Crippen LogP contribution in [0, 0.1) is 0 Å². The van der Waals surface area contributed by atoms with Gasteiger partial charge in [-0.15, -0.1) is 0 Å². The van der Waals surface area contributed by atoms with Crippen molar-refractivity contribution in [2.45, 2.75) is 0 Å². The van der Waals surface area contributed by atoms with Crippen LogP contribution < -0.4 is 10.9 Å². The number of aromatic nitrogens is 1. The van der Waals surface area contributed by atoms with E-state index in [4.69, 9.17) is 5.11 Å². The molecule has 0 unspecified atom stereocenters. The number of aromatic amines is 1. The number of nitrogens with one attached hydrogen (secondary N) is 2. The summed E-state index contributed by atoms with van der Waals surface area (Å²) in [4.78, 5) is 25.8. The number of carbonyl (C=O) groups is 1. The standard InChI is InChI=1S/C12H12N2O3/c15-6-5-13-12(17)10-7-8-3-1-2-4-9(8)11(16)14-10/h1-4,7,15H,5-6H2,(H,13,17)(H,14,16). The maximum atomic E-state index is 11.7. The number of pyridine rings is 1. The molecule has 5 nitrogen and oxygen atoms in total. The second kappa shape index (κ2) is 4.80. The predicted molar refractivity (Wildman–Crippen MR) is 64.0 cm³/mol. The zero-order valence-electron chi connectivity index (χ0n) is 9.06. The summed E-state index contributed by atoms with van der Waals surface area (Å²) in [6, 6.07) is 8.65. The lowest BCUT2D eigenvalue weighted by atomic mass is 10.1. The molecule has 0 fully saturated rings. The first kappa shape index (κ1) is 11.3. The van der Waals surface area contributed by atoms with Gasteiger partial charge in [0.25, 0.3) is 11.5 Å². The Morgan fingerprint density at radius 3 is 2.88 bits per heavy atom. The molecule has 0 aliphatic carbocycles. The minimum absolute atomic E-state index is 0.135. The number of aliphatic hydroxyl groups excluding tert-OH is 1. The smallest absolute Gasteiger partial charge is 0.267 e. The van der Waals surface area contributed by atoms with Crippen molar-refractivity contribution in [1.82, 2.24) is 10.3 Å². The minimum atomic E-state index is -0.401. The van der Waals surface area contributed by atoms with E-state index < -0.39 is 5.91 Å². The summed E-state index contributed by atoms with van der Waals surface area (Å²) >= 11 is 0. The average Bonchev–Trinajstić information content (AvgIpc) is 2.36. The molecule has 1 heterocycles. The second-order valence-corrected chi connectivity index (χ2v) is 3.58. The fraction of sp³-hybridized carbons (Fsp3) is 0.167. The van der Waals surface area contributed by atoms with E-state index in [1.165, 1.54) is 0 Å². The number of hydrogen-bond acceptors (Lipinski definition) is 3. The van der Waals surface area contributed by atoms with Gasteiger partial charge in [0.2, 0.25) is 0 Å². The number of fused-ring (bicyclic) bond motifs is 1. The van der Waals surface area contributed by atoms with Crippen LogP contribution in [0.2, 0.25) is 0 Å². The second-order valence-electron chi connectivity index (χ2n) is 3.58. The molecule has 88 valence electrons. The lowest BCUT2D eigenvalue weighted by Crippen LogP contribution is -2.28. The van der Waals surface area contributed by atoms with Crippen LogP contribution in [0.15, 0.2) is 35.1 Å². The van der Waals surface area contributed by atoms with Gasteiger partial charge in [-0.2, -0.15) is 0 Å². The number of aliphatic hydroxyl groups is 1. The van der Waals surface area contributed by atoms with Crippen LogP contribution in [0.4, 0.5) is 0 Å². The highest BCUT2D eigenvalue weighted by atomic mass is 16.3. The summed E-state index contributed by atoms with van der Waals surface area (Å²) in [5.41, 5.74) is -0.0978. The molecule has 0 saturated carbocycles. The van der Waals surface area contributed by atoms with Crippen molar-refractivity contribution in [3.8, 4) is 0 Å². The molecule has 0 aliphatic rings. The first-order valence-corrected chi connectivity index (χ1v) is 5.23. The SMILES string of the molecule is O=C(NCCO)c1cc2ccccc2c(=O)[nH]1. The van der Waals surface area contributed by atoms with E-state index in [-0.39, 0.29) is 24.4 Å². The molecule has 1 aromatic heterocycles. The number of carbonyl (C=O) groups excluding carboxylic acids is 1. The van der Waals surface area contributed by atoms with Crippen molar-refractivity contribution in [3.05, 3.63) is 46.4 Å². The molecule has 1 amide bonds. The van der Waals surface area contributed by atoms with E-state index in [0.29, 0.717) is 10.8 Å². The highest BCUT2D eigenvalue weighted by Crippen LogP contribution is 2.09. The van der Waals surface area contributed by atoms with E-state index in [1.54, 1.807) is 30.3 Å². The number of benzene rings is 1. The van der Waals surface area contributed by atoms with Gasteiger partial charge in [-0.05, 0) is 17.5 Å². The third-order valence-electron chi connectivity index (χ3n) is 2.40. The summed E-state index contributed by atoms with van der Waals surface area (Å²) in [7, 11) is 0. The number of H-pyrrole nitrogens is 1. The zero-order valence-corrected chi connectivity index (χ0v) is 9.06. The van der Waals surface area contributed by atoms with Gasteiger partial charge in [-0.25, -0.2) is 0 Å². The molecule has 3 N–H and O–H groups in total. The first-order chi connectivity index (χ1) is 8.22. The van der Waals surface area contributed by atoms with Gasteiger partial charge in [0, 0.05) is 11.9 Å². The zero-order chi connectivity index (χ0) is 12.3. The van der Waals surface area contributed by atoms with Crippen molar-refractivity contribution < 1.29 is 9.90 Å². The third kappa shape index (κ3) is 2.34. The Balaban J connectivity index is 2.43. The van der Waals surface area contributed by atoms with Crippen molar-refractivity contribution in [3.63, 3.8) is 0 Å². The van der Waals surface area contributed by atoms with E-state index in [9.17, 15) is 9.59 Å². The fourth-order valence-corrected chi connectivity index (χ4v) is 1.60. The molecule has 17 heavy (non-hydrogen) atoms. The van der Waals surface area contributed by atoms with Crippen molar-refractivity contribution in [2.75, 3.05) is 13.2 Å². The quantitative estimate of drug-likeness (QED) is 0.709. The number of rotatable bonds is 3. The Kier molecular flexibility index (Phi) is 3.20. The van der Waals surface area contributed by atoms with Crippen LogP contribution in [-0.4, -0.2) is 29.1 Å². The van der Waals surface area contributed by atoms with Gasteiger partial charge in [0.05, 0.1) is 6.61 Å². The van der Waals surface area contributed by atoms with Gasteiger partial charge < -0.3 is 15.4 Å². The molecule has 2 rings (SSSR count). The third-order valence-corrected chi connectivity index (χ3v) is 2.40. The molecular formula is C12H12N2O3. The molecule has 0 atom stereocenters. The predicted octanol–water partition coefficient (Wildman–Crippen LogP) is 0.250. The number of amides is 1. The fourth-order valence-electron chi connectivity index (χ4n) is 1.60.